The molecule has 108 valence electrons. The number of hydrogen-bond donors (Lipinski definition) is 2. The molecule has 5 nitrogen and oxygen atoms in total. The second-order valence-electron chi connectivity index (χ2n) is 4.78. The number of imidazole rings is 1. The summed E-state index contributed by atoms with van der Waals surface area (Å²) in [5, 5.41) is 3.31. The van der Waals surface area contributed by atoms with Crippen LogP contribution in [0.25, 0.3) is 22.4 Å². The van der Waals surface area contributed by atoms with E-state index in [1.54, 1.807) is 13.3 Å². The molecule has 0 unspecified atom stereocenters. The number of hydrogen-bond acceptors (Lipinski definition) is 4. The Labute approximate surface area is 123 Å². The van der Waals surface area contributed by atoms with E-state index in [0.717, 1.165) is 47.8 Å². The maximum Gasteiger partial charge on any atom is 0.154 e. The van der Waals surface area contributed by atoms with Crippen molar-refractivity contribution in [3.05, 3.63) is 42.6 Å². The quantitative estimate of drug-likeness (QED) is 0.682. The molecule has 0 radical (unpaired) electrons. The molecule has 0 bridgehead atoms. The zero-order valence-electron chi connectivity index (χ0n) is 12.0. The molecule has 0 saturated heterocycles. The highest BCUT2D eigenvalue weighted by atomic mass is 16.5. The van der Waals surface area contributed by atoms with E-state index < -0.39 is 0 Å². The Balaban J connectivity index is 1.87. The average Bonchev–Trinajstić information content (AvgIpc) is 2.97. The summed E-state index contributed by atoms with van der Waals surface area (Å²) in [5.74, 6) is 1.67. The van der Waals surface area contributed by atoms with E-state index in [1.807, 2.05) is 36.4 Å². The minimum atomic E-state index is 0.735. The molecule has 2 N–H and O–H groups in total. The van der Waals surface area contributed by atoms with Gasteiger partial charge in [0.25, 0.3) is 0 Å². The lowest BCUT2D eigenvalue weighted by atomic mass is 10.2. The van der Waals surface area contributed by atoms with Crippen LogP contribution >= 0.6 is 0 Å². The molecule has 3 aromatic rings. The topological polar surface area (TPSA) is 62.8 Å². The number of aromatic nitrogens is 3. The summed E-state index contributed by atoms with van der Waals surface area (Å²) in [6, 6.07) is 12.0. The van der Waals surface area contributed by atoms with Gasteiger partial charge in [0, 0.05) is 32.0 Å². The third-order valence-electron chi connectivity index (χ3n) is 3.27. The van der Waals surface area contributed by atoms with E-state index in [1.165, 1.54) is 0 Å². The predicted molar refractivity (Wildman–Crippen MR) is 84.3 cm³/mol. The molecule has 21 heavy (non-hydrogen) atoms. The van der Waals surface area contributed by atoms with Crippen molar-refractivity contribution in [1.29, 1.82) is 0 Å². The summed E-state index contributed by atoms with van der Waals surface area (Å²) >= 11 is 0. The SMILES string of the molecule is COCCCNc1nccc2[nH]c(-c3ccccc3)nc12. The Bertz CT molecular complexity index is 709. The van der Waals surface area contributed by atoms with E-state index in [-0.39, 0.29) is 0 Å². The van der Waals surface area contributed by atoms with Crippen LogP contribution in [-0.2, 0) is 4.74 Å². The minimum Gasteiger partial charge on any atom is -0.385 e. The van der Waals surface area contributed by atoms with E-state index in [9.17, 15) is 0 Å². The van der Waals surface area contributed by atoms with Gasteiger partial charge in [0.2, 0.25) is 0 Å². The van der Waals surface area contributed by atoms with Crippen LogP contribution in [0.3, 0.4) is 0 Å². The molecule has 0 aliphatic rings. The number of methoxy groups -OCH3 is 1. The largest absolute Gasteiger partial charge is 0.385 e. The van der Waals surface area contributed by atoms with Gasteiger partial charge in [-0.05, 0) is 12.5 Å². The number of benzene rings is 1. The van der Waals surface area contributed by atoms with E-state index >= 15 is 0 Å². The Morgan fingerprint density at radius 2 is 2.05 bits per heavy atom. The van der Waals surface area contributed by atoms with Gasteiger partial charge in [-0.1, -0.05) is 30.3 Å². The molecule has 1 aromatic carbocycles. The molecule has 0 fully saturated rings. The van der Waals surface area contributed by atoms with Crippen LogP contribution in [0.5, 0.6) is 0 Å². The molecule has 0 aliphatic carbocycles. The Morgan fingerprint density at radius 1 is 1.19 bits per heavy atom. The number of ether oxygens (including phenoxy) is 1. The fourth-order valence-electron chi connectivity index (χ4n) is 2.22. The van der Waals surface area contributed by atoms with Crippen LogP contribution in [0.15, 0.2) is 42.6 Å². The van der Waals surface area contributed by atoms with Crippen LogP contribution in [0.4, 0.5) is 5.82 Å². The van der Waals surface area contributed by atoms with Gasteiger partial charge in [-0.25, -0.2) is 9.97 Å². The molecular weight excluding hydrogens is 264 g/mol. The molecule has 0 amide bonds. The molecule has 2 heterocycles. The predicted octanol–water partition coefficient (Wildman–Crippen LogP) is 3.07. The fourth-order valence-corrected chi connectivity index (χ4v) is 2.22. The summed E-state index contributed by atoms with van der Waals surface area (Å²) in [4.78, 5) is 12.4. The van der Waals surface area contributed by atoms with Crippen molar-refractivity contribution >= 4 is 16.9 Å². The second-order valence-corrected chi connectivity index (χ2v) is 4.78. The molecular formula is C16H18N4O. The number of aromatic amines is 1. The number of fused-ring (bicyclic) bond motifs is 1. The van der Waals surface area contributed by atoms with Gasteiger partial charge in [-0.2, -0.15) is 0 Å². The molecule has 5 heteroatoms. The standard InChI is InChI=1S/C16H18N4O/c1-21-11-5-9-17-16-14-13(8-10-18-16)19-15(20-14)12-6-3-2-4-7-12/h2-4,6-8,10H,5,9,11H2,1H3,(H,17,18)(H,19,20). The highest BCUT2D eigenvalue weighted by Gasteiger charge is 2.09. The molecule has 2 aromatic heterocycles. The maximum atomic E-state index is 5.05. The molecule has 0 atom stereocenters. The Hall–Kier alpha value is -2.40. The Morgan fingerprint density at radius 3 is 2.86 bits per heavy atom. The van der Waals surface area contributed by atoms with Crippen molar-refractivity contribution in [2.45, 2.75) is 6.42 Å². The van der Waals surface area contributed by atoms with Gasteiger partial charge in [0.15, 0.2) is 5.82 Å². The third-order valence-corrected chi connectivity index (χ3v) is 3.27. The Kier molecular flexibility index (Phi) is 4.12. The zero-order chi connectivity index (χ0) is 14.5. The van der Waals surface area contributed by atoms with Gasteiger partial charge >= 0.3 is 0 Å². The second kappa shape index (κ2) is 6.37. The number of rotatable bonds is 6. The summed E-state index contributed by atoms with van der Waals surface area (Å²) < 4.78 is 5.05. The highest BCUT2D eigenvalue weighted by Crippen LogP contribution is 2.23. The first-order chi connectivity index (χ1) is 10.4. The lowest BCUT2D eigenvalue weighted by molar-refractivity contribution is 0.198. The van der Waals surface area contributed by atoms with Gasteiger partial charge in [-0.3, -0.25) is 0 Å². The van der Waals surface area contributed by atoms with Crippen molar-refractivity contribution < 1.29 is 4.74 Å². The van der Waals surface area contributed by atoms with Crippen LogP contribution in [0.1, 0.15) is 6.42 Å². The highest BCUT2D eigenvalue weighted by molar-refractivity contribution is 5.88. The van der Waals surface area contributed by atoms with Gasteiger partial charge in [-0.15, -0.1) is 0 Å². The van der Waals surface area contributed by atoms with E-state index in [2.05, 4.69) is 20.3 Å². The fraction of sp³-hybridized carbons (Fsp3) is 0.250. The van der Waals surface area contributed by atoms with E-state index in [4.69, 9.17) is 4.74 Å². The molecule has 0 aliphatic heterocycles. The van der Waals surface area contributed by atoms with Crippen LogP contribution in [-0.4, -0.2) is 35.2 Å². The number of pyridine rings is 1. The van der Waals surface area contributed by atoms with Crippen LogP contribution < -0.4 is 5.32 Å². The molecule has 0 spiro atoms. The number of H-pyrrole nitrogens is 1. The first-order valence-electron chi connectivity index (χ1n) is 7.01. The van der Waals surface area contributed by atoms with Crippen LogP contribution in [0, 0.1) is 0 Å². The first kappa shape index (κ1) is 13.6. The summed E-state index contributed by atoms with van der Waals surface area (Å²) in [7, 11) is 1.71. The van der Waals surface area contributed by atoms with Crippen molar-refractivity contribution in [3.8, 4) is 11.4 Å². The van der Waals surface area contributed by atoms with Crippen molar-refractivity contribution in [1.82, 2.24) is 15.0 Å². The lowest BCUT2D eigenvalue weighted by Crippen LogP contribution is -2.06. The van der Waals surface area contributed by atoms with Crippen molar-refractivity contribution in [2.24, 2.45) is 0 Å². The van der Waals surface area contributed by atoms with Crippen LogP contribution in [0.2, 0.25) is 0 Å². The zero-order valence-corrected chi connectivity index (χ0v) is 12.0. The van der Waals surface area contributed by atoms with Gasteiger partial charge in [0.1, 0.15) is 11.3 Å². The number of nitrogens with one attached hydrogen (secondary N) is 2. The summed E-state index contributed by atoms with van der Waals surface area (Å²) in [6.45, 7) is 1.55. The van der Waals surface area contributed by atoms with Gasteiger partial charge in [0.05, 0.1) is 5.52 Å². The smallest absolute Gasteiger partial charge is 0.154 e. The molecule has 0 saturated carbocycles. The number of nitrogens with zero attached hydrogens (tertiary/aromatic N) is 2. The molecule has 3 rings (SSSR count). The summed E-state index contributed by atoms with van der Waals surface area (Å²) in [5.41, 5.74) is 2.92. The summed E-state index contributed by atoms with van der Waals surface area (Å²) in [6.07, 6.45) is 2.72. The average molecular weight is 282 g/mol. The first-order valence-corrected chi connectivity index (χ1v) is 7.01. The van der Waals surface area contributed by atoms with Gasteiger partial charge < -0.3 is 15.0 Å². The van der Waals surface area contributed by atoms with Crippen molar-refractivity contribution in [3.63, 3.8) is 0 Å². The maximum absolute atomic E-state index is 5.05. The monoisotopic (exact) mass is 282 g/mol. The normalized spacial score (nSPS) is 10.9. The number of anilines is 1. The third kappa shape index (κ3) is 3.03. The lowest BCUT2D eigenvalue weighted by Gasteiger charge is -2.04. The van der Waals surface area contributed by atoms with Crippen molar-refractivity contribution in [2.75, 3.05) is 25.6 Å². The van der Waals surface area contributed by atoms with E-state index in [0.29, 0.717) is 0 Å². The minimum absolute atomic E-state index is 0.735.